The molecule has 160 valence electrons. The fraction of sp³-hybridized carbons (Fsp3) is 0.333. The second kappa shape index (κ2) is 8.62. The number of hydrogen-bond acceptors (Lipinski definition) is 5. The van der Waals surface area contributed by atoms with E-state index in [-0.39, 0.29) is 6.10 Å². The quantitative estimate of drug-likeness (QED) is 0.517. The summed E-state index contributed by atoms with van der Waals surface area (Å²) in [6, 6.07) is 13.7. The SMILES string of the molecule is COc1cccc([C@@H]2O[C@@H](CCC#N)c3nc(C)c(C)n3-c3ccc(Cl)cc32)c1OC. The standard InChI is InChI=1S/C24H24ClN3O3/c1-14-15(2)28-19-11-10-16(25)13-18(19)22(31-21(9-6-12-26)24(28)27-14)17-7-5-8-20(29-3)23(17)30-4/h5,7-8,10-11,13,21-22H,6,9H2,1-4H3/t21-,22-/m0/s1. The Kier molecular flexibility index (Phi) is 5.90. The van der Waals surface area contributed by atoms with Gasteiger partial charge in [0, 0.05) is 28.3 Å². The van der Waals surface area contributed by atoms with E-state index < -0.39 is 6.10 Å². The van der Waals surface area contributed by atoms with Crippen LogP contribution >= 0.6 is 11.6 Å². The van der Waals surface area contributed by atoms with Crippen molar-refractivity contribution in [1.82, 2.24) is 9.55 Å². The molecule has 2 atom stereocenters. The summed E-state index contributed by atoms with van der Waals surface area (Å²) in [4.78, 5) is 4.81. The Morgan fingerprint density at radius 1 is 1.16 bits per heavy atom. The van der Waals surface area contributed by atoms with Crippen molar-refractivity contribution in [2.24, 2.45) is 0 Å². The molecule has 1 aliphatic rings. The monoisotopic (exact) mass is 437 g/mol. The normalized spacial score (nSPS) is 17.3. The molecule has 2 aromatic carbocycles. The van der Waals surface area contributed by atoms with Gasteiger partial charge in [0.05, 0.1) is 31.7 Å². The van der Waals surface area contributed by atoms with Gasteiger partial charge in [-0.25, -0.2) is 4.98 Å². The number of benzene rings is 2. The Labute approximate surface area is 186 Å². The number of methoxy groups -OCH3 is 2. The summed E-state index contributed by atoms with van der Waals surface area (Å²) in [5.74, 6) is 2.01. The van der Waals surface area contributed by atoms with Crippen LogP contribution in [0.15, 0.2) is 36.4 Å². The minimum Gasteiger partial charge on any atom is -0.493 e. The van der Waals surface area contributed by atoms with E-state index in [9.17, 15) is 5.26 Å². The molecule has 3 aromatic rings. The van der Waals surface area contributed by atoms with E-state index in [0.717, 1.165) is 34.0 Å². The Bertz CT molecular complexity index is 1170. The van der Waals surface area contributed by atoms with Gasteiger partial charge in [-0.2, -0.15) is 5.26 Å². The van der Waals surface area contributed by atoms with Gasteiger partial charge in [-0.05, 0) is 44.5 Å². The molecule has 2 heterocycles. The van der Waals surface area contributed by atoms with Crippen molar-refractivity contribution in [1.29, 1.82) is 5.26 Å². The van der Waals surface area contributed by atoms with Crippen LogP contribution in [0.4, 0.5) is 0 Å². The van der Waals surface area contributed by atoms with Crippen molar-refractivity contribution < 1.29 is 14.2 Å². The number of hydrogen-bond donors (Lipinski definition) is 0. The number of para-hydroxylation sites is 1. The molecule has 0 saturated carbocycles. The van der Waals surface area contributed by atoms with Crippen LogP contribution in [0.2, 0.25) is 5.02 Å². The average molecular weight is 438 g/mol. The first-order valence-corrected chi connectivity index (χ1v) is 10.5. The van der Waals surface area contributed by atoms with Gasteiger partial charge >= 0.3 is 0 Å². The van der Waals surface area contributed by atoms with Crippen molar-refractivity contribution in [3.8, 4) is 23.3 Å². The van der Waals surface area contributed by atoms with Crippen LogP contribution in [0.3, 0.4) is 0 Å². The van der Waals surface area contributed by atoms with E-state index in [2.05, 4.69) is 10.6 Å². The highest BCUT2D eigenvalue weighted by molar-refractivity contribution is 6.30. The van der Waals surface area contributed by atoms with E-state index in [0.29, 0.717) is 29.4 Å². The summed E-state index contributed by atoms with van der Waals surface area (Å²) in [7, 11) is 3.22. The van der Waals surface area contributed by atoms with Gasteiger partial charge < -0.3 is 14.2 Å². The molecule has 0 spiro atoms. The number of aryl methyl sites for hydroxylation is 1. The molecule has 4 rings (SSSR count). The topological polar surface area (TPSA) is 69.3 Å². The lowest BCUT2D eigenvalue weighted by Crippen LogP contribution is -2.12. The maximum Gasteiger partial charge on any atom is 0.166 e. The first kappa shape index (κ1) is 21.2. The number of nitriles is 1. The molecule has 0 radical (unpaired) electrons. The average Bonchev–Trinajstić information content (AvgIpc) is 3.00. The van der Waals surface area contributed by atoms with Crippen molar-refractivity contribution in [3.05, 3.63) is 69.8 Å². The fourth-order valence-electron chi connectivity index (χ4n) is 4.15. The first-order valence-electron chi connectivity index (χ1n) is 10.1. The highest BCUT2D eigenvalue weighted by Crippen LogP contribution is 2.46. The highest BCUT2D eigenvalue weighted by atomic mass is 35.5. The molecule has 0 bridgehead atoms. The summed E-state index contributed by atoms with van der Waals surface area (Å²) in [6.07, 6.45) is 0.0222. The zero-order chi connectivity index (χ0) is 22.1. The van der Waals surface area contributed by atoms with E-state index in [1.165, 1.54) is 0 Å². The number of nitrogens with zero attached hydrogens (tertiary/aromatic N) is 3. The molecule has 0 fully saturated rings. The van der Waals surface area contributed by atoms with Gasteiger partial charge in [-0.3, -0.25) is 4.57 Å². The summed E-state index contributed by atoms with van der Waals surface area (Å²) in [6.45, 7) is 4.02. The second-order valence-electron chi connectivity index (χ2n) is 7.46. The fourth-order valence-corrected chi connectivity index (χ4v) is 4.33. The van der Waals surface area contributed by atoms with Crippen LogP contribution in [0.5, 0.6) is 11.5 Å². The maximum absolute atomic E-state index is 9.23. The Hall–Kier alpha value is -3.01. The second-order valence-corrected chi connectivity index (χ2v) is 7.90. The zero-order valence-corrected chi connectivity index (χ0v) is 18.7. The Balaban J connectivity index is 1.99. The molecule has 7 heteroatoms. The zero-order valence-electron chi connectivity index (χ0n) is 18.0. The minimum absolute atomic E-state index is 0.356. The summed E-state index contributed by atoms with van der Waals surface area (Å²) >= 11 is 6.43. The van der Waals surface area contributed by atoms with Gasteiger partial charge in [-0.15, -0.1) is 0 Å². The van der Waals surface area contributed by atoms with Gasteiger partial charge in [0.15, 0.2) is 11.5 Å². The third-order valence-corrected chi connectivity index (χ3v) is 5.94. The molecule has 0 N–H and O–H groups in total. The molecule has 0 saturated heterocycles. The van der Waals surface area contributed by atoms with Crippen LogP contribution in [-0.4, -0.2) is 23.8 Å². The lowest BCUT2D eigenvalue weighted by atomic mass is 9.98. The van der Waals surface area contributed by atoms with E-state index in [4.69, 9.17) is 30.8 Å². The van der Waals surface area contributed by atoms with Crippen molar-refractivity contribution in [2.45, 2.75) is 38.9 Å². The molecule has 0 amide bonds. The molecular formula is C24H24ClN3O3. The largest absolute Gasteiger partial charge is 0.493 e. The van der Waals surface area contributed by atoms with E-state index >= 15 is 0 Å². The van der Waals surface area contributed by atoms with E-state index in [1.54, 1.807) is 14.2 Å². The Morgan fingerprint density at radius 3 is 2.68 bits per heavy atom. The number of aromatic nitrogens is 2. The predicted molar refractivity (Wildman–Crippen MR) is 118 cm³/mol. The van der Waals surface area contributed by atoms with Gasteiger partial charge in [0.1, 0.15) is 18.0 Å². The number of ether oxygens (including phenoxy) is 3. The molecule has 6 nitrogen and oxygen atoms in total. The van der Waals surface area contributed by atoms with Gasteiger partial charge in [0.2, 0.25) is 0 Å². The minimum atomic E-state index is -0.483. The third kappa shape index (κ3) is 3.65. The summed E-state index contributed by atoms with van der Waals surface area (Å²) in [5, 5.41) is 9.84. The molecule has 31 heavy (non-hydrogen) atoms. The molecule has 0 unspecified atom stereocenters. The molecule has 1 aromatic heterocycles. The summed E-state index contributed by atoms with van der Waals surface area (Å²) in [5.41, 5.74) is 4.64. The van der Waals surface area contributed by atoms with Crippen LogP contribution in [0, 0.1) is 25.2 Å². The smallest absolute Gasteiger partial charge is 0.166 e. The first-order chi connectivity index (χ1) is 15.0. The third-order valence-electron chi connectivity index (χ3n) is 5.71. The van der Waals surface area contributed by atoms with Crippen LogP contribution in [0.1, 0.15) is 53.4 Å². The number of rotatable bonds is 5. The highest BCUT2D eigenvalue weighted by Gasteiger charge is 2.34. The predicted octanol–water partition coefficient (Wildman–Crippen LogP) is 5.62. The number of halogens is 1. The Morgan fingerprint density at radius 2 is 1.97 bits per heavy atom. The van der Waals surface area contributed by atoms with Gasteiger partial charge in [-0.1, -0.05) is 23.7 Å². The summed E-state index contributed by atoms with van der Waals surface area (Å²) < 4.78 is 20.0. The van der Waals surface area contributed by atoms with Crippen molar-refractivity contribution in [3.63, 3.8) is 0 Å². The lowest BCUT2D eigenvalue weighted by molar-refractivity contribution is -0.000559. The van der Waals surface area contributed by atoms with E-state index in [1.807, 2.05) is 50.2 Å². The van der Waals surface area contributed by atoms with Crippen LogP contribution in [0.25, 0.3) is 5.69 Å². The molecular weight excluding hydrogens is 414 g/mol. The van der Waals surface area contributed by atoms with Crippen molar-refractivity contribution in [2.75, 3.05) is 14.2 Å². The number of fused-ring (bicyclic) bond motifs is 3. The van der Waals surface area contributed by atoms with Gasteiger partial charge in [0.25, 0.3) is 0 Å². The molecule has 1 aliphatic heterocycles. The lowest BCUT2D eigenvalue weighted by Gasteiger charge is -2.25. The van der Waals surface area contributed by atoms with Crippen LogP contribution in [-0.2, 0) is 4.74 Å². The number of imidazole rings is 1. The van der Waals surface area contributed by atoms with Crippen LogP contribution < -0.4 is 9.47 Å². The maximum atomic E-state index is 9.23. The van der Waals surface area contributed by atoms with Crippen molar-refractivity contribution >= 4 is 11.6 Å². The molecule has 0 aliphatic carbocycles.